The second-order valence-electron chi connectivity index (χ2n) is 9.67. The molecule has 0 N–H and O–H groups in total. The van der Waals surface area contributed by atoms with Crippen molar-refractivity contribution in [1.29, 1.82) is 0 Å². The standard InChI is InChI=1S/C30H51N2/c1-3-5-7-9-10-11-12-13-14-15-16-17-22-26-31-27-28-32(29-23-19-18-20-24-29)30(31)25-21-8-6-4-2/h18-20,23-24,27-28H,3-17,21-22,25-26H2,1-2H3/q+1. The van der Waals surface area contributed by atoms with E-state index in [1.165, 1.54) is 134 Å². The molecule has 2 rings (SSSR count). The second-order valence-corrected chi connectivity index (χ2v) is 9.67. The van der Waals surface area contributed by atoms with Crippen molar-refractivity contribution in [2.24, 2.45) is 0 Å². The van der Waals surface area contributed by atoms with Gasteiger partial charge in [-0.05, 0) is 31.4 Å². The van der Waals surface area contributed by atoms with E-state index in [1.807, 2.05) is 0 Å². The van der Waals surface area contributed by atoms with Crippen molar-refractivity contribution < 1.29 is 4.57 Å². The molecule has 0 spiro atoms. The number of imidazole rings is 1. The summed E-state index contributed by atoms with van der Waals surface area (Å²) in [4.78, 5) is 0. The van der Waals surface area contributed by atoms with Gasteiger partial charge in [0.15, 0.2) is 0 Å². The molecule has 1 heterocycles. The van der Waals surface area contributed by atoms with Crippen LogP contribution in [0.15, 0.2) is 42.7 Å². The topological polar surface area (TPSA) is 8.81 Å². The number of benzene rings is 1. The van der Waals surface area contributed by atoms with Gasteiger partial charge in [0.05, 0.1) is 6.54 Å². The lowest BCUT2D eigenvalue weighted by molar-refractivity contribution is -0.704. The molecule has 0 bridgehead atoms. The average molecular weight is 440 g/mol. The fourth-order valence-corrected chi connectivity index (χ4v) is 4.76. The van der Waals surface area contributed by atoms with E-state index in [9.17, 15) is 0 Å². The van der Waals surface area contributed by atoms with Crippen LogP contribution in [0.25, 0.3) is 5.69 Å². The minimum atomic E-state index is 1.17. The summed E-state index contributed by atoms with van der Waals surface area (Å²) in [5.41, 5.74) is 1.29. The van der Waals surface area contributed by atoms with Crippen LogP contribution in [0.5, 0.6) is 0 Å². The zero-order chi connectivity index (χ0) is 22.7. The number of hydrogen-bond acceptors (Lipinski definition) is 0. The molecule has 0 amide bonds. The van der Waals surface area contributed by atoms with Crippen LogP contribution in [-0.4, -0.2) is 4.57 Å². The molecule has 0 aliphatic heterocycles. The Balaban J connectivity index is 1.65. The van der Waals surface area contributed by atoms with Gasteiger partial charge in [-0.1, -0.05) is 122 Å². The Hall–Kier alpha value is -1.57. The van der Waals surface area contributed by atoms with Gasteiger partial charge in [0.2, 0.25) is 0 Å². The van der Waals surface area contributed by atoms with Crippen LogP contribution in [0.3, 0.4) is 0 Å². The van der Waals surface area contributed by atoms with Gasteiger partial charge in [-0.3, -0.25) is 0 Å². The Bertz CT molecular complexity index is 673. The van der Waals surface area contributed by atoms with Crippen LogP contribution in [0.2, 0.25) is 0 Å². The quantitative estimate of drug-likeness (QED) is 0.144. The molecule has 1 aromatic heterocycles. The maximum Gasteiger partial charge on any atom is 0.261 e. The first-order chi connectivity index (χ1) is 15.9. The van der Waals surface area contributed by atoms with Gasteiger partial charge in [-0.2, -0.15) is 4.57 Å². The fraction of sp³-hybridized carbons (Fsp3) is 0.700. The number of aromatic nitrogens is 2. The molecule has 0 atom stereocenters. The van der Waals surface area contributed by atoms with Crippen LogP contribution >= 0.6 is 0 Å². The summed E-state index contributed by atoms with van der Waals surface area (Å²) in [6.07, 6.45) is 29.5. The summed E-state index contributed by atoms with van der Waals surface area (Å²) in [6, 6.07) is 10.9. The SMILES string of the molecule is CCCCCCCCCCCCCCC[n+]1ccn(-c2ccccc2)c1CCCCCC. The Morgan fingerprint density at radius 3 is 1.66 bits per heavy atom. The molecule has 0 aliphatic rings. The number of aryl methyl sites for hydroxylation is 1. The third kappa shape index (κ3) is 10.8. The average Bonchev–Trinajstić information content (AvgIpc) is 3.23. The Labute approximate surface area is 199 Å². The fourth-order valence-electron chi connectivity index (χ4n) is 4.76. The van der Waals surface area contributed by atoms with Gasteiger partial charge in [0.25, 0.3) is 5.82 Å². The summed E-state index contributed by atoms with van der Waals surface area (Å²) in [6.45, 7) is 5.76. The lowest BCUT2D eigenvalue weighted by atomic mass is 10.0. The molecule has 0 aliphatic carbocycles. The van der Waals surface area contributed by atoms with Crippen molar-refractivity contribution in [2.45, 2.75) is 136 Å². The van der Waals surface area contributed by atoms with E-state index in [0.717, 1.165) is 0 Å². The largest absolute Gasteiger partial charge is 0.261 e. The highest BCUT2D eigenvalue weighted by Crippen LogP contribution is 2.14. The predicted octanol–water partition coefficient (Wildman–Crippen LogP) is 8.98. The highest BCUT2D eigenvalue weighted by molar-refractivity contribution is 5.31. The molecule has 0 radical (unpaired) electrons. The van der Waals surface area contributed by atoms with Gasteiger partial charge in [-0.15, -0.1) is 0 Å². The molecule has 0 saturated carbocycles. The molecule has 0 fully saturated rings. The van der Waals surface area contributed by atoms with Crippen LogP contribution in [0.4, 0.5) is 0 Å². The minimum absolute atomic E-state index is 1.17. The first kappa shape index (κ1) is 26.7. The zero-order valence-corrected chi connectivity index (χ0v) is 21.4. The summed E-state index contributed by atoms with van der Waals surface area (Å²) < 4.78 is 4.94. The molecule has 0 saturated heterocycles. The van der Waals surface area contributed by atoms with Crippen molar-refractivity contribution in [3.8, 4) is 5.69 Å². The van der Waals surface area contributed by atoms with Crippen molar-refractivity contribution in [2.75, 3.05) is 0 Å². The highest BCUT2D eigenvalue weighted by Gasteiger charge is 2.18. The van der Waals surface area contributed by atoms with E-state index >= 15 is 0 Å². The Morgan fingerprint density at radius 1 is 0.594 bits per heavy atom. The molecular formula is C30H51N2+. The van der Waals surface area contributed by atoms with E-state index in [1.54, 1.807) is 0 Å². The smallest absolute Gasteiger partial charge is 0.234 e. The van der Waals surface area contributed by atoms with E-state index in [2.05, 4.69) is 65.7 Å². The van der Waals surface area contributed by atoms with Gasteiger partial charge in [0.1, 0.15) is 18.1 Å². The lowest BCUT2D eigenvalue weighted by Crippen LogP contribution is -2.37. The van der Waals surface area contributed by atoms with Gasteiger partial charge >= 0.3 is 0 Å². The highest BCUT2D eigenvalue weighted by atomic mass is 15.1. The van der Waals surface area contributed by atoms with Crippen LogP contribution in [0.1, 0.15) is 129 Å². The molecule has 180 valence electrons. The minimum Gasteiger partial charge on any atom is -0.234 e. The molecule has 32 heavy (non-hydrogen) atoms. The number of nitrogens with zero attached hydrogens (tertiary/aromatic N) is 2. The monoisotopic (exact) mass is 439 g/mol. The summed E-state index contributed by atoms with van der Waals surface area (Å²) in [7, 11) is 0. The van der Waals surface area contributed by atoms with Crippen molar-refractivity contribution in [1.82, 2.24) is 4.57 Å². The maximum atomic E-state index is 2.53. The molecule has 0 unspecified atom stereocenters. The summed E-state index contributed by atoms with van der Waals surface area (Å²) >= 11 is 0. The lowest BCUT2D eigenvalue weighted by Gasteiger charge is -2.06. The van der Waals surface area contributed by atoms with E-state index in [-0.39, 0.29) is 0 Å². The number of unbranched alkanes of at least 4 members (excludes halogenated alkanes) is 15. The molecule has 2 aromatic rings. The van der Waals surface area contributed by atoms with Crippen LogP contribution in [-0.2, 0) is 13.0 Å². The number of rotatable bonds is 20. The molecule has 2 heteroatoms. The maximum absolute atomic E-state index is 2.53. The number of hydrogen-bond donors (Lipinski definition) is 0. The first-order valence-electron chi connectivity index (χ1n) is 14.0. The van der Waals surface area contributed by atoms with Gasteiger partial charge < -0.3 is 0 Å². The van der Waals surface area contributed by atoms with E-state index < -0.39 is 0 Å². The van der Waals surface area contributed by atoms with Crippen molar-refractivity contribution in [3.63, 3.8) is 0 Å². The normalized spacial score (nSPS) is 11.3. The Morgan fingerprint density at radius 2 is 1.09 bits per heavy atom. The van der Waals surface area contributed by atoms with E-state index in [0.29, 0.717) is 0 Å². The molecular weight excluding hydrogens is 388 g/mol. The van der Waals surface area contributed by atoms with Crippen molar-refractivity contribution >= 4 is 0 Å². The van der Waals surface area contributed by atoms with Crippen molar-refractivity contribution in [3.05, 3.63) is 48.5 Å². The van der Waals surface area contributed by atoms with Crippen LogP contribution in [0, 0.1) is 0 Å². The predicted molar refractivity (Wildman–Crippen MR) is 140 cm³/mol. The van der Waals surface area contributed by atoms with Crippen LogP contribution < -0.4 is 4.57 Å². The molecule has 2 nitrogen and oxygen atoms in total. The van der Waals surface area contributed by atoms with Gasteiger partial charge in [-0.25, -0.2) is 4.57 Å². The summed E-state index contributed by atoms with van der Waals surface area (Å²) in [5.74, 6) is 1.48. The second kappa shape index (κ2) is 17.9. The third-order valence-electron chi connectivity index (χ3n) is 6.80. The first-order valence-corrected chi connectivity index (χ1v) is 14.0. The van der Waals surface area contributed by atoms with Gasteiger partial charge in [0, 0.05) is 6.42 Å². The Kier molecular flexibility index (Phi) is 14.9. The number of para-hydroxylation sites is 1. The zero-order valence-electron chi connectivity index (χ0n) is 21.4. The van der Waals surface area contributed by atoms with E-state index in [4.69, 9.17) is 0 Å². The third-order valence-corrected chi connectivity index (χ3v) is 6.80. The summed E-state index contributed by atoms with van der Waals surface area (Å²) in [5, 5.41) is 0. The molecule has 1 aromatic carbocycles.